The first-order valence-corrected chi connectivity index (χ1v) is 8.76. The highest BCUT2D eigenvalue weighted by atomic mass is 35.5. The van der Waals surface area contributed by atoms with E-state index < -0.39 is 29.9 Å². The van der Waals surface area contributed by atoms with Crippen molar-refractivity contribution >= 4 is 17.2 Å². The second kappa shape index (κ2) is 6.08. The minimum absolute atomic E-state index is 0.219. The van der Waals surface area contributed by atoms with E-state index in [0.29, 0.717) is 12.3 Å². The Labute approximate surface area is 155 Å². The molecule has 26 heavy (non-hydrogen) atoms. The quantitative estimate of drug-likeness (QED) is 0.849. The molecule has 10 heteroatoms. The first-order chi connectivity index (χ1) is 12.2. The summed E-state index contributed by atoms with van der Waals surface area (Å²) in [4.78, 5) is 0. The molecule has 0 aliphatic carbocycles. The van der Waals surface area contributed by atoms with Crippen LogP contribution < -0.4 is 0 Å². The number of aromatic nitrogens is 4. The Bertz CT molecular complexity index is 826. The molecule has 0 saturated carbocycles. The summed E-state index contributed by atoms with van der Waals surface area (Å²) >= 11 is 5.96. The summed E-state index contributed by atoms with van der Waals surface area (Å²) in [6, 6.07) is 3.27. The highest BCUT2D eigenvalue weighted by molar-refractivity contribution is 6.29. The molecule has 2 fully saturated rings. The molecule has 1 N–H and O–H groups in total. The molecule has 4 rings (SSSR count). The maximum atomic E-state index is 11.0. The number of rotatable bonds is 3. The lowest BCUT2D eigenvalue weighted by atomic mass is 10.0. The first kappa shape index (κ1) is 18.0. The Hall–Kier alpha value is -1.36. The molecule has 2 aliphatic rings. The van der Waals surface area contributed by atoms with Crippen molar-refractivity contribution in [2.24, 2.45) is 0 Å². The zero-order valence-electron chi connectivity index (χ0n) is 14.9. The summed E-state index contributed by atoms with van der Waals surface area (Å²) < 4.78 is 24.9. The maximum absolute atomic E-state index is 11.0. The van der Waals surface area contributed by atoms with Crippen LogP contribution in [0.25, 0.3) is 5.65 Å². The van der Waals surface area contributed by atoms with Gasteiger partial charge in [0.2, 0.25) is 0 Å². The molecule has 142 valence electrons. The fraction of sp³-hybridized carbons (Fsp3) is 0.688. The van der Waals surface area contributed by atoms with Crippen LogP contribution in [0, 0.1) is 0 Å². The van der Waals surface area contributed by atoms with E-state index in [1.165, 1.54) is 4.52 Å². The van der Waals surface area contributed by atoms with Gasteiger partial charge in [0.25, 0.3) is 0 Å². The molecule has 0 bridgehead atoms. The van der Waals surface area contributed by atoms with E-state index in [1.807, 2.05) is 13.8 Å². The van der Waals surface area contributed by atoms with Gasteiger partial charge in [-0.2, -0.15) is 9.61 Å². The van der Waals surface area contributed by atoms with Crippen LogP contribution in [0.5, 0.6) is 0 Å². The van der Waals surface area contributed by atoms with Crippen LogP contribution in [0.3, 0.4) is 0 Å². The second-order valence-electron chi connectivity index (χ2n) is 7.36. The fourth-order valence-electron chi connectivity index (χ4n) is 3.34. The first-order valence-electron chi connectivity index (χ1n) is 8.39. The maximum Gasteiger partial charge on any atom is 0.186 e. The summed E-state index contributed by atoms with van der Waals surface area (Å²) in [5, 5.41) is 23.5. The summed E-state index contributed by atoms with van der Waals surface area (Å²) in [5.41, 5.74) is 0.472. The molecule has 9 nitrogen and oxygen atoms in total. The molecule has 2 aromatic rings. The van der Waals surface area contributed by atoms with Crippen molar-refractivity contribution in [1.29, 1.82) is 0 Å². The summed E-state index contributed by atoms with van der Waals surface area (Å²) in [7, 11) is 0. The number of hydrogen-bond acceptors (Lipinski definition) is 8. The number of aliphatic hydroxyl groups excluding tert-OH is 1. The lowest BCUT2D eigenvalue weighted by Gasteiger charge is -2.25. The van der Waals surface area contributed by atoms with Gasteiger partial charge < -0.3 is 24.1 Å². The third-order valence-electron chi connectivity index (χ3n) is 4.39. The average Bonchev–Trinajstić information content (AvgIpc) is 3.21. The van der Waals surface area contributed by atoms with E-state index in [2.05, 4.69) is 15.3 Å². The minimum Gasteiger partial charge on any atom is -0.382 e. The standard InChI is InChI=1S/C16H21ClN4O5/c1-15(2)23-7-8(24-15)12-13(26-16(3,4)25-12)11(22)14-19-18-10-6-5-9(17)20-21(10)14/h5-6,8,11-13,22H,7H2,1-4H3/t8-,11+,12-,13-/m1/s1. The van der Waals surface area contributed by atoms with Crippen LogP contribution in [0.2, 0.25) is 5.15 Å². The number of aliphatic hydroxyl groups is 1. The zero-order chi connectivity index (χ0) is 18.7. The van der Waals surface area contributed by atoms with Crippen LogP contribution in [0.15, 0.2) is 12.1 Å². The average molecular weight is 385 g/mol. The predicted octanol–water partition coefficient (Wildman–Crippen LogP) is 1.48. The lowest BCUT2D eigenvalue weighted by Crippen LogP contribution is -2.41. The summed E-state index contributed by atoms with van der Waals surface area (Å²) in [6.07, 6.45) is -2.81. The third-order valence-corrected chi connectivity index (χ3v) is 4.59. The van der Waals surface area contributed by atoms with Gasteiger partial charge in [0.1, 0.15) is 29.6 Å². The Balaban J connectivity index is 1.66. The van der Waals surface area contributed by atoms with Crippen molar-refractivity contribution in [1.82, 2.24) is 19.8 Å². The van der Waals surface area contributed by atoms with Crippen LogP contribution in [0.4, 0.5) is 0 Å². The van der Waals surface area contributed by atoms with Crippen molar-refractivity contribution in [3.05, 3.63) is 23.1 Å². The Morgan fingerprint density at radius 1 is 1.15 bits per heavy atom. The van der Waals surface area contributed by atoms with Gasteiger partial charge in [0, 0.05) is 0 Å². The van der Waals surface area contributed by atoms with E-state index in [1.54, 1.807) is 26.0 Å². The number of fused-ring (bicyclic) bond motifs is 1. The minimum atomic E-state index is -1.14. The third kappa shape index (κ3) is 3.19. The monoisotopic (exact) mass is 384 g/mol. The topological polar surface area (TPSA) is 100 Å². The van der Waals surface area contributed by atoms with Crippen LogP contribution in [-0.4, -0.2) is 61.4 Å². The second-order valence-corrected chi connectivity index (χ2v) is 7.75. The molecular formula is C16H21ClN4O5. The molecule has 0 amide bonds. The van der Waals surface area contributed by atoms with Gasteiger partial charge in [0.15, 0.2) is 23.0 Å². The molecule has 0 unspecified atom stereocenters. The largest absolute Gasteiger partial charge is 0.382 e. The Morgan fingerprint density at radius 2 is 1.92 bits per heavy atom. The number of ether oxygens (including phenoxy) is 4. The highest BCUT2D eigenvalue weighted by Crippen LogP contribution is 2.39. The normalized spacial score (nSPS) is 31.5. The van der Waals surface area contributed by atoms with E-state index in [-0.39, 0.29) is 17.1 Å². The van der Waals surface area contributed by atoms with Gasteiger partial charge in [-0.25, -0.2) is 0 Å². The lowest BCUT2D eigenvalue weighted by molar-refractivity contribution is -0.175. The molecule has 2 saturated heterocycles. The number of halogens is 1. The van der Waals surface area contributed by atoms with Gasteiger partial charge in [-0.3, -0.25) is 0 Å². The molecule has 0 aromatic carbocycles. The van der Waals surface area contributed by atoms with Crippen molar-refractivity contribution in [2.75, 3.05) is 6.61 Å². The predicted molar refractivity (Wildman–Crippen MR) is 89.5 cm³/mol. The summed E-state index contributed by atoms with van der Waals surface area (Å²) in [6.45, 7) is 7.56. The molecular weight excluding hydrogens is 364 g/mol. The Morgan fingerprint density at radius 3 is 2.62 bits per heavy atom. The molecule has 2 aromatic heterocycles. The van der Waals surface area contributed by atoms with Crippen molar-refractivity contribution in [3.8, 4) is 0 Å². The van der Waals surface area contributed by atoms with Crippen molar-refractivity contribution in [3.63, 3.8) is 0 Å². The van der Waals surface area contributed by atoms with Gasteiger partial charge in [-0.05, 0) is 39.8 Å². The molecule has 4 heterocycles. The van der Waals surface area contributed by atoms with Gasteiger partial charge >= 0.3 is 0 Å². The van der Waals surface area contributed by atoms with Gasteiger partial charge in [-0.1, -0.05) is 11.6 Å². The van der Waals surface area contributed by atoms with E-state index >= 15 is 0 Å². The van der Waals surface area contributed by atoms with Crippen LogP contribution in [0.1, 0.15) is 39.6 Å². The smallest absolute Gasteiger partial charge is 0.186 e. The molecule has 2 aliphatic heterocycles. The molecule has 0 spiro atoms. The number of hydrogen-bond donors (Lipinski definition) is 1. The highest BCUT2D eigenvalue weighted by Gasteiger charge is 2.53. The Kier molecular flexibility index (Phi) is 4.22. The van der Waals surface area contributed by atoms with Gasteiger partial charge in [0.05, 0.1) is 6.61 Å². The van der Waals surface area contributed by atoms with E-state index in [9.17, 15) is 5.11 Å². The van der Waals surface area contributed by atoms with Gasteiger partial charge in [-0.15, -0.1) is 10.2 Å². The van der Waals surface area contributed by atoms with Crippen LogP contribution >= 0.6 is 11.6 Å². The molecule has 4 atom stereocenters. The van der Waals surface area contributed by atoms with Crippen LogP contribution in [-0.2, 0) is 18.9 Å². The SMILES string of the molecule is CC1(C)O[C@H]([C@H](O)c2nnc3ccc(Cl)nn23)[C@@H]([C@H]2COC(C)(C)O2)O1. The van der Waals surface area contributed by atoms with Crippen molar-refractivity contribution in [2.45, 2.75) is 63.7 Å². The van der Waals surface area contributed by atoms with E-state index in [4.69, 9.17) is 30.5 Å². The van der Waals surface area contributed by atoms with Crippen molar-refractivity contribution < 1.29 is 24.1 Å². The zero-order valence-corrected chi connectivity index (χ0v) is 15.7. The fourth-order valence-corrected chi connectivity index (χ4v) is 3.48. The van der Waals surface area contributed by atoms with E-state index in [0.717, 1.165) is 0 Å². The summed E-state index contributed by atoms with van der Waals surface area (Å²) in [5.74, 6) is -1.39. The number of nitrogens with zero attached hydrogens (tertiary/aromatic N) is 4. The molecule has 0 radical (unpaired) electrons.